The Kier molecular flexibility index (Phi) is 3.61. The van der Waals surface area contributed by atoms with E-state index in [9.17, 15) is 5.11 Å². The van der Waals surface area contributed by atoms with E-state index in [4.69, 9.17) is 0 Å². The first-order valence-electron chi connectivity index (χ1n) is 6.33. The molecule has 1 aliphatic heterocycles. The molecule has 1 atom stereocenters. The van der Waals surface area contributed by atoms with E-state index < -0.39 is 5.60 Å². The minimum Gasteiger partial charge on any atom is -0.380 e. The highest BCUT2D eigenvalue weighted by Gasteiger charge is 2.36. The van der Waals surface area contributed by atoms with Crippen LogP contribution in [0.25, 0.3) is 0 Å². The highest BCUT2D eigenvalue weighted by molar-refractivity contribution is 7.99. The van der Waals surface area contributed by atoms with Gasteiger partial charge in [0.25, 0.3) is 0 Å². The molecular formula is C16H16OS2. The maximum absolute atomic E-state index is 11.2. The Labute approximate surface area is 122 Å². The third-order valence-corrected chi connectivity index (χ3v) is 5.40. The molecule has 98 valence electrons. The summed E-state index contributed by atoms with van der Waals surface area (Å²) in [6.45, 7) is 0. The number of aliphatic hydroxyl groups is 1. The van der Waals surface area contributed by atoms with Crippen LogP contribution >= 0.6 is 23.5 Å². The first-order chi connectivity index (χ1) is 9.24. The molecule has 2 aromatic rings. The van der Waals surface area contributed by atoms with Crippen LogP contribution in [0.3, 0.4) is 0 Å². The highest BCUT2D eigenvalue weighted by Crippen LogP contribution is 2.44. The number of hydrogen-bond donors (Lipinski definition) is 1. The Morgan fingerprint density at radius 1 is 1.16 bits per heavy atom. The van der Waals surface area contributed by atoms with Gasteiger partial charge in [0.1, 0.15) is 5.60 Å². The molecule has 0 amide bonds. The average Bonchev–Trinajstić information content (AvgIpc) is 2.48. The molecule has 3 rings (SSSR count). The van der Waals surface area contributed by atoms with Crippen LogP contribution in [-0.4, -0.2) is 17.1 Å². The predicted molar refractivity (Wildman–Crippen MR) is 83.0 cm³/mol. The van der Waals surface area contributed by atoms with Gasteiger partial charge in [-0.05, 0) is 36.4 Å². The molecule has 1 heterocycles. The van der Waals surface area contributed by atoms with Gasteiger partial charge in [-0.1, -0.05) is 30.3 Å². The van der Waals surface area contributed by atoms with Crippen LogP contribution in [-0.2, 0) is 5.60 Å². The topological polar surface area (TPSA) is 20.2 Å². The molecule has 1 N–H and O–H groups in total. The van der Waals surface area contributed by atoms with Crippen molar-refractivity contribution in [2.24, 2.45) is 0 Å². The monoisotopic (exact) mass is 288 g/mol. The average molecular weight is 288 g/mol. The number of fused-ring (bicyclic) bond motifs is 1. The van der Waals surface area contributed by atoms with Gasteiger partial charge in [0, 0.05) is 21.1 Å². The van der Waals surface area contributed by atoms with Crippen molar-refractivity contribution in [3.8, 4) is 0 Å². The van der Waals surface area contributed by atoms with Crippen molar-refractivity contribution >= 4 is 23.5 Å². The van der Waals surface area contributed by atoms with Crippen LogP contribution < -0.4 is 0 Å². The van der Waals surface area contributed by atoms with E-state index in [1.165, 1.54) is 9.79 Å². The van der Waals surface area contributed by atoms with E-state index in [2.05, 4.69) is 24.5 Å². The second kappa shape index (κ2) is 5.23. The first-order valence-corrected chi connectivity index (χ1v) is 8.54. The van der Waals surface area contributed by atoms with Crippen LogP contribution in [0.2, 0.25) is 0 Å². The van der Waals surface area contributed by atoms with Crippen LogP contribution in [0, 0.1) is 0 Å². The third-order valence-electron chi connectivity index (χ3n) is 3.60. The molecule has 19 heavy (non-hydrogen) atoms. The summed E-state index contributed by atoms with van der Waals surface area (Å²) in [6.07, 6.45) is 2.83. The molecule has 0 radical (unpaired) electrons. The molecule has 0 bridgehead atoms. The Hall–Kier alpha value is -0.900. The largest absolute Gasteiger partial charge is 0.380 e. The Morgan fingerprint density at radius 2 is 2.00 bits per heavy atom. The zero-order chi connectivity index (χ0) is 13.3. The van der Waals surface area contributed by atoms with Crippen molar-refractivity contribution in [3.05, 3.63) is 59.7 Å². The zero-order valence-corrected chi connectivity index (χ0v) is 12.4. The molecular weight excluding hydrogens is 272 g/mol. The summed E-state index contributed by atoms with van der Waals surface area (Å²) < 4.78 is 0. The molecule has 3 heteroatoms. The first kappa shape index (κ1) is 13.1. The molecule has 2 aromatic carbocycles. The molecule has 0 aliphatic carbocycles. The molecule has 0 fully saturated rings. The van der Waals surface area contributed by atoms with Crippen LogP contribution in [0.15, 0.2) is 58.3 Å². The Balaban J connectivity index is 2.13. The highest BCUT2D eigenvalue weighted by atomic mass is 32.2. The quantitative estimate of drug-likeness (QED) is 0.839. The van der Waals surface area contributed by atoms with Crippen molar-refractivity contribution in [2.45, 2.75) is 21.8 Å². The van der Waals surface area contributed by atoms with Crippen LogP contribution in [0.1, 0.15) is 17.5 Å². The van der Waals surface area contributed by atoms with E-state index in [0.29, 0.717) is 0 Å². The summed E-state index contributed by atoms with van der Waals surface area (Å²) in [6, 6.07) is 16.5. The van der Waals surface area contributed by atoms with Gasteiger partial charge in [0.15, 0.2) is 0 Å². The summed E-state index contributed by atoms with van der Waals surface area (Å²) in [5.41, 5.74) is 1.21. The molecule has 1 aliphatic rings. The molecule has 0 saturated heterocycles. The predicted octanol–water partition coefficient (Wildman–Crippen LogP) is 4.14. The van der Waals surface area contributed by atoms with Crippen molar-refractivity contribution in [1.29, 1.82) is 0 Å². The fraction of sp³-hybridized carbons (Fsp3) is 0.250. The van der Waals surface area contributed by atoms with Gasteiger partial charge in [0.2, 0.25) is 0 Å². The van der Waals surface area contributed by atoms with Gasteiger partial charge in [-0.2, -0.15) is 0 Å². The lowest BCUT2D eigenvalue weighted by Gasteiger charge is -2.34. The van der Waals surface area contributed by atoms with Gasteiger partial charge < -0.3 is 5.11 Å². The zero-order valence-electron chi connectivity index (χ0n) is 10.8. The summed E-state index contributed by atoms with van der Waals surface area (Å²) >= 11 is 3.54. The second-order valence-electron chi connectivity index (χ2n) is 4.69. The summed E-state index contributed by atoms with van der Waals surface area (Å²) in [5, 5.41) is 11.2. The van der Waals surface area contributed by atoms with Crippen molar-refractivity contribution in [1.82, 2.24) is 0 Å². The van der Waals surface area contributed by atoms with Crippen LogP contribution in [0.5, 0.6) is 0 Å². The molecule has 0 saturated carbocycles. The Bertz CT molecular complexity index is 597. The lowest BCUT2D eigenvalue weighted by molar-refractivity contribution is 0.0729. The van der Waals surface area contributed by atoms with Gasteiger partial charge >= 0.3 is 0 Å². The Morgan fingerprint density at radius 3 is 2.84 bits per heavy atom. The van der Waals surface area contributed by atoms with Crippen molar-refractivity contribution < 1.29 is 5.11 Å². The van der Waals surface area contributed by atoms with E-state index >= 15 is 0 Å². The fourth-order valence-corrected chi connectivity index (χ4v) is 4.20. The number of rotatable bonds is 2. The summed E-state index contributed by atoms with van der Waals surface area (Å²) in [7, 11) is 0. The van der Waals surface area contributed by atoms with Gasteiger partial charge in [0.05, 0.1) is 0 Å². The molecule has 0 aromatic heterocycles. The molecule has 1 nitrogen and oxygen atoms in total. The maximum Gasteiger partial charge on any atom is 0.117 e. The standard InChI is InChI=1S/C16H16OS2/c1-18-13-6-4-5-12(11-13)16(17)9-10-19-15-8-3-2-7-14(15)16/h2-8,11,17H,9-10H2,1H3. The molecule has 0 spiro atoms. The van der Waals surface area contributed by atoms with Gasteiger partial charge in [-0.3, -0.25) is 0 Å². The van der Waals surface area contributed by atoms with E-state index in [0.717, 1.165) is 23.3 Å². The van der Waals surface area contributed by atoms with E-state index in [1.54, 1.807) is 11.8 Å². The van der Waals surface area contributed by atoms with Crippen LogP contribution in [0.4, 0.5) is 0 Å². The fourth-order valence-electron chi connectivity index (χ4n) is 2.56. The van der Waals surface area contributed by atoms with Gasteiger partial charge in [-0.15, -0.1) is 23.5 Å². The van der Waals surface area contributed by atoms with Crippen molar-refractivity contribution in [3.63, 3.8) is 0 Å². The number of thioether (sulfide) groups is 2. The minimum absolute atomic E-state index is 0.770. The van der Waals surface area contributed by atoms with E-state index in [1.807, 2.05) is 42.1 Å². The number of hydrogen-bond acceptors (Lipinski definition) is 3. The lowest BCUT2D eigenvalue weighted by Crippen LogP contribution is -2.31. The summed E-state index contributed by atoms with van der Waals surface area (Å²) in [5.74, 6) is 0.955. The second-order valence-corrected chi connectivity index (χ2v) is 6.70. The smallest absolute Gasteiger partial charge is 0.117 e. The lowest BCUT2D eigenvalue weighted by atomic mass is 9.84. The third kappa shape index (κ3) is 2.31. The SMILES string of the molecule is CSc1cccc(C2(O)CCSc3ccccc32)c1. The molecule has 1 unspecified atom stereocenters. The van der Waals surface area contributed by atoms with Crippen molar-refractivity contribution in [2.75, 3.05) is 12.0 Å². The van der Waals surface area contributed by atoms with Gasteiger partial charge in [-0.25, -0.2) is 0 Å². The maximum atomic E-state index is 11.2. The minimum atomic E-state index is -0.840. The van der Waals surface area contributed by atoms with E-state index in [-0.39, 0.29) is 0 Å². The summed E-state index contributed by atoms with van der Waals surface area (Å²) in [4.78, 5) is 2.40. The normalized spacial score (nSPS) is 22.0. The number of benzene rings is 2.